The van der Waals surface area contributed by atoms with Crippen LogP contribution in [-0.2, 0) is 0 Å². The second-order valence-corrected chi connectivity index (χ2v) is 5.77. The molecule has 3 rings (SSSR count). The van der Waals surface area contributed by atoms with Crippen molar-refractivity contribution < 1.29 is 9.47 Å². The summed E-state index contributed by atoms with van der Waals surface area (Å²) in [5, 5.41) is 6.80. The maximum Gasteiger partial charge on any atom is 0.142 e. The number of ether oxygens (including phenoxy) is 2. The molecule has 0 radical (unpaired) electrons. The Bertz CT molecular complexity index is 683. The van der Waals surface area contributed by atoms with Crippen LogP contribution in [0.4, 0.5) is 11.6 Å². The Hall–Kier alpha value is -2.21. The van der Waals surface area contributed by atoms with Crippen molar-refractivity contribution in [3.05, 3.63) is 35.6 Å². The maximum atomic E-state index is 5.96. The third-order valence-electron chi connectivity index (χ3n) is 3.72. The Labute approximate surface area is 140 Å². The van der Waals surface area contributed by atoms with E-state index in [1.54, 1.807) is 25.6 Å². The summed E-state index contributed by atoms with van der Waals surface area (Å²) in [6.45, 7) is 0.798. The molecule has 6 nitrogen and oxygen atoms in total. The second kappa shape index (κ2) is 6.91. The molecule has 2 aromatic heterocycles. The third-order valence-corrected chi connectivity index (χ3v) is 4.00. The van der Waals surface area contributed by atoms with Crippen LogP contribution >= 0.6 is 11.6 Å². The van der Waals surface area contributed by atoms with Crippen molar-refractivity contribution in [2.45, 2.75) is 12.5 Å². The largest absolute Gasteiger partial charge is 0.495 e. The van der Waals surface area contributed by atoms with Crippen molar-refractivity contribution in [2.24, 2.45) is 5.92 Å². The average molecular weight is 335 g/mol. The standard InChI is InChI=1S/C16H19ClN4O2/c1-18-15-6-11(3-4-19-15)23-13-5-10(13)8-20-16-7-14(22-2)12(17)9-21-16/h3-4,6-7,9-10,13H,5,8H2,1-2H3,(H,18,19)(H,20,21). The van der Waals surface area contributed by atoms with Gasteiger partial charge in [-0.2, -0.15) is 0 Å². The van der Waals surface area contributed by atoms with Crippen LogP contribution in [0.3, 0.4) is 0 Å². The molecule has 0 bridgehead atoms. The zero-order chi connectivity index (χ0) is 16.2. The summed E-state index contributed by atoms with van der Waals surface area (Å²) in [6, 6.07) is 5.56. The molecule has 2 atom stereocenters. The highest BCUT2D eigenvalue weighted by Gasteiger charge is 2.39. The van der Waals surface area contributed by atoms with Gasteiger partial charge in [0, 0.05) is 37.8 Å². The van der Waals surface area contributed by atoms with Gasteiger partial charge in [-0.05, 0) is 12.5 Å². The molecule has 122 valence electrons. The predicted molar refractivity (Wildman–Crippen MR) is 90.6 cm³/mol. The van der Waals surface area contributed by atoms with E-state index in [1.807, 2.05) is 19.2 Å². The molecule has 7 heteroatoms. The van der Waals surface area contributed by atoms with Gasteiger partial charge in [0.05, 0.1) is 13.3 Å². The molecule has 1 aliphatic rings. The van der Waals surface area contributed by atoms with Crippen LogP contribution in [0, 0.1) is 5.92 Å². The van der Waals surface area contributed by atoms with E-state index < -0.39 is 0 Å². The van der Waals surface area contributed by atoms with Crippen LogP contribution in [0.5, 0.6) is 11.5 Å². The molecule has 0 amide bonds. The minimum absolute atomic E-state index is 0.226. The van der Waals surface area contributed by atoms with Crippen LogP contribution in [0.1, 0.15) is 6.42 Å². The zero-order valence-corrected chi connectivity index (χ0v) is 13.8. The van der Waals surface area contributed by atoms with E-state index in [1.165, 1.54) is 0 Å². The van der Waals surface area contributed by atoms with Gasteiger partial charge in [0.2, 0.25) is 0 Å². The molecule has 2 aromatic rings. The molecular weight excluding hydrogens is 316 g/mol. The number of anilines is 2. The van der Waals surface area contributed by atoms with E-state index in [4.69, 9.17) is 21.1 Å². The van der Waals surface area contributed by atoms with Gasteiger partial charge >= 0.3 is 0 Å². The highest BCUT2D eigenvalue weighted by Crippen LogP contribution is 2.35. The highest BCUT2D eigenvalue weighted by atomic mass is 35.5. The summed E-state index contributed by atoms with van der Waals surface area (Å²) in [5.74, 6) is 3.46. The number of aromatic nitrogens is 2. The SMILES string of the molecule is CNc1cc(OC2CC2CNc2cc(OC)c(Cl)cn2)ccn1. The predicted octanol–water partition coefficient (Wildman–Crippen LogP) is 3.06. The smallest absolute Gasteiger partial charge is 0.142 e. The monoisotopic (exact) mass is 334 g/mol. The Kier molecular flexibility index (Phi) is 4.71. The summed E-state index contributed by atoms with van der Waals surface area (Å²) >= 11 is 5.96. The van der Waals surface area contributed by atoms with Gasteiger partial charge in [-0.25, -0.2) is 9.97 Å². The molecule has 1 fully saturated rings. The topological polar surface area (TPSA) is 68.3 Å². The Balaban J connectivity index is 1.49. The fourth-order valence-electron chi connectivity index (χ4n) is 2.28. The third kappa shape index (κ3) is 3.96. The van der Waals surface area contributed by atoms with Crippen molar-refractivity contribution in [3.63, 3.8) is 0 Å². The lowest BCUT2D eigenvalue weighted by Gasteiger charge is -2.09. The molecule has 1 saturated carbocycles. The molecule has 0 spiro atoms. The summed E-state index contributed by atoms with van der Waals surface area (Å²) in [7, 11) is 3.42. The Morgan fingerprint density at radius 1 is 1.30 bits per heavy atom. The Morgan fingerprint density at radius 2 is 2.17 bits per heavy atom. The molecule has 2 N–H and O–H groups in total. The summed E-state index contributed by atoms with van der Waals surface area (Å²) in [6.07, 6.45) is 4.57. The number of nitrogens with one attached hydrogen (secondary N) is 2. The van der Waals surface area contributed by atoms with Gasteiger partial charge in [0.1, 0.15) is 34.3 Å². The first-order chi connectivity index (χ1) is 11.2. The van der Waals surface area contributed by atoms with Gasteiger partial charge in [-0.1, -0.05) is 11.6 Å². The number of hydrogen-bond donors (Lipinski definition) is 2. The molecule has 0 aliphatic heterocycles. The van der Waals surface area contributed by atoms with Crippen LogP contribution in [-0.4, -0.2) is 36.8 Å². The van der Waals surface area contributed by atoms with Gasteiger partial charge in [-0.15, -0.1) is 0 Å². The van der Waals surface area contributed by atoms with Gasteiger partial charge < -0.3 is 20.1 Å². The lowest BCUT2D eigenvalue weighted by Crippen LogP contribution is -2.10. The number of methoxy groups -OCH3 is 1. The first kappa shape index (κ1) is 15.7. The molecule has 0 saturated heterocycles. The Morgan fingerprint density at radius 3 is 2.96 bits per heavy atom. The van der Waals surface area contributed by atoms with Gasteiger partial charge in [-0.3, -0.25) is 0 Å². The summed E-state index contributed by atoms with van der Waals surface area (Å²) in [5.41, 5.74) is 0. The van der Waals surface area contributed by atoms with Crippen LogP contribution in [0.2, 0.25) is 5.02 Å². The lowest BCUT2D eigenvalue weighted by molar-refractivity contribution is 0.286. The first-order valence-electron chi connectivity index (χ1n) is 7.43. The number of halogens is 1. The summed E-state index contributed by atoms with van der Waals surface area (Å²) < 4.78 is 11.1. The van der Waals surface area contributed by atoms with E-state index in [0.717, 1.165) is 30.4 Å². The highest BCUT2D eigenvalue weighted by molar-refractivity contribution is 6.31. The number of pyridine rings is 2. The van der Waals surface area contributed by atoms with Gasteiger partial charge in [0.25, 0.3) is 0 Å². The number of rotatable bonds is 7. The lowest BCUT2D eigenvalue weighted by atomic mass is 10.3. The molecule has 2 unspecified atom stereocenters. The van der Waals surface area contributed by atoms with E-state index in [9.17, 15) is 0 Å². The van der Waals surface area contributed by atoms with Crippen LogP contribution < -0.4 is 20.1 Å². The quantitative estimate of drug-likeness (QED) is 0.811. The maximum absolute atomic E-state index is 5.96. The normalized spacial score (nSPS) is 19.1. The van der Waals surface area contributed by atoms with E-state index in [0.29, 0.717) is 16.7 Å². The fraction of sp³-hybridized carbons (Fsp3) is 0.375. The fourth-order valence-corrected chi connectivity index (χ4v) is 2.46. The van der Waals surface area contributed by atoms with Crippen molar-refractivity contribution in [1.29, 1.82) is 0 Å². The molecule has 2 heterocycles. The second-order valence-electron chi connectivity index (χ2n) is 5.36. The number of nitrogens with zero attached hydrogens (tertiary/aromatic N) is 2. The molecule has 23 heavy (non-hydrogen) atoms. The molecule has 1 aliphatic carbocycles. The minimum atomic E-state index is 0.226. The van der Waals surface area contributed by atoms with Crippen molar-refractivity contribution >= 4 is 23.2 Å². The van der Waals surface area contributed by atoms with E-state index >= 15 is 0 Å². The minimum Gasteiger partial charge on any atom is -0.495 e. The van der Waals surface area contributed by atoms with E-state index in [-0.39, 0.29) is 6.10 Å². The molecule has 0 aromatic carbocycles. The summed E-state index contributed by atoms with van der Waals surface area (Å²) in [4.78, 5) is 8.41. The van der Waals surface area contributed by atoms with Crippen molar-refractivity contribution in [3.8, 4) is 11.5 Å². The van der Waals surface area contributed by atoms with Crippen LogP contribution in [0.25, 0.3) is 0 Å². The average Bonchev–Trinajstić information content (AvgIpc) is 3.32. The first-order valence-corrected chi connectivity index (χ1v) is 7.81. The van der Waals surface area contributed by atoms with Crippen LogP contribution in [0.15, 0.2) is 30.6 Å². The van der Waals surface area contributed by atoms with Crippen molar-refractivity contribution in [1.82, 2.24) is 9.97 Å². The molecular formula is C16H19ClN4O2. The number of hydrogen-bond acceptors (Lipinski definition) is 6. The van der Waals surface area contributed by atoms with E-state index in [2.05, 4.69) is 20.6 Å². The zero-order valence-electron chi connectivity index (χ0n) is 13.0. The van der Waals surface area contributed by atoms with Crippen molar-refractivity contribution in [2.75, 3.05) is 31.3 Å². The van der Waals surface area contributed by atoms with Gasteiger partial charge in [0.15, 0.2) is 0 Å².